The summed E-state index contributed by atoms with van der Waals surface area (Å²) in [6.45, 7) is 7.87. The molecule has 2 heteroatoms. The maximum absolute atomic E-state index is 13.0. The molecule has 0 spiro atoms. The molecule has 0 saturated carbocycles. The summed E-state index contributed by atoms with van der Waals surface area (Å²) in [4.78, 5) is 4.16. The van der Waals surface area contributed by atoms with Crippen LogP contribution in [-0.2, 0) is 0 Å². The van der Waals surface area contributed by atoms with Crippen molar-refractivity contribution in [3.8, 4) is 11.1 Å². The van der Waals surface area contributed by atoms with Gasteiger partial charge in [-0.3, -0.25) is 4.98 Å². The van der Waals surface area contributed by atoms with E-state index in [0.717, 1.165) is 16.8 Å². The van der Waals surface area contributed by atoms with Crippen LogP contribution in [0.4, 0.5) is 4.39 Å². The Balaban J connectivity index is 0.000000492. The monoisotopic (exact) mass is 243 g/mol. The summed E-state index contributed by atoms with van der Waals surface area (Å²) in [5.41, 5.74) is 2.55. The second-order valence-corrected chi connectivity index (χ2v) is 3.89. The van der Waals surface area contributed by atoms with Crippen molar-refractivity contribution in [2.75, 3.05) is 0 Å². The average molecular weight is 243 g/mol. The minimum atomic E-state index is -0.236. The first kappa shape index (κ1) is 14.1. The Kier molecular flexibility index (Phi) is 5.78. The fourth-order valence-electron chi connectivity index (χ4n) is 1.36. The Labute approximate surface area is 108 Å². The molecule has 0 aliphatic heterocycles. The van der Waals surface area contributed by atoms with Gasteiger partial charge in [0.25, 0.3) is 0 Å². The Morgan fingerprint density at radius 3 is 2.39 bits per heavy atom. The lowest BCUT2D eigenvalue weighted by molar-refractivity contribution is 0.628. The minimum Gasteiger partial charge on any atom is -0.256 e. The van der Waals surface area contributed by atoms with Crippen molar-refractivity contribution in [3.05, 3.63) is 60.7 Å². The molecule has 0 saturated heterocycles. The Bertz CT molecular complexity index is 489. The zero-order valence-electron chi connectivity index (χ0n) is 10.9. The van der Waals surface area contributed by atoms with Gasteiger partial charge in [-0.1, -0.05) is 45.0 Å². The molecule has 94 valence electrons. The van der Waals surface area contributed by atoms with Gasteiger partial charge in [0.15, 0.2) is 0 Å². The van der Waals surface area contributed by atoms with Crippen LogP contribution in [0.5, 0.6) is 0 Å². The van der Waals surface area contributed by atoms with E-state index >= 15 is 0 Å². The van der Waals surface area contributed by atoms with Gasteiger partial charge in [0.2, 0.25) is 0 Å². The molecule has 0 fully saturated rings. The predicted octanol–water partition coefficient (Wildman–Crippen LogP) is 4.95. The van der Waals surface area contributed by atoms with Crippen molar-refractivity contribution in [2.24, 2.45) is 0 Å². The molecule has 0 bridgehead atoms. The van der Waals surface area contributed by atoms with Gasteiger partial charge in [-0.25, -0.2) is 4.39 Å². The summed E-state index contributed by atoms with van der Waals surface area (Å²) in [7, 11) is 0. The van der Waals surface area contributed by atoms with Gasteiger partial charge in [0, 0.05) is 11.8 Å². The summed E-state index contributed by atoms with van der Waals surface area (Å²) in [6.07, 6.45) is 4.64. The van der Waals surface area contributed by atoms with E-state index in [2.05, 4.69) is 25.4 Å². The number of hydrogen-bond acceptors (Lipinski definition) is 1. The lowest BCUT2D eigenvalue weighted by Gasteiger charge is -2.01. The van der Waals surface area contributed by atoms with E-state index < -0.39 is 0 Å². The quantitative estimate of drug-likeness (QED) is 0.727. The maximum Gasteiger partial charge on any atom is 0.123 e. The molecule has 2 rings (SSSR count). The summed E-state index contributed by atoms with van der Waals surface area (Å²) < 4.78 is 13.0. The molecule has 0 N–H and O–H groups in total. The second kappa shape index (κ2) is 7.38. The Morgan fingerprint density at radius 1 is 1.17 bits per heavy atom. The van der Waals surface area contributed by atoms with Gasteiger partial charge >= 0.3 is 0 Å². The number of hydrogen-bond donors (Lipinski definition) is 0. The van der Waals surface area contributed by atoms with Gasteiger partial charge < -0.3 is 0 Å². The van der Waals surface area contributed by atoms with Crippen LogP contribution in [0.2, 0.25) is 0 Å². The fourth-order valence-corrected chi connectivity index (χ4v) is 1.36. The van der Waals surface area contributed by atoms with Crippen molar-refractivity contribution >= 4 is 6.08 Å². The standard InChI is InChI=1S/C13H10FN.C3H8/c1-2-13-7-6-11(9-15-13)10-4-3-5-12(14)8-10;1-3-2/h2-9H,1H2;3H2,1-2H3. The number of rotatable bonds is 2. The van der Waals surface area contributed by atoms with Gasteiger partial charge in [0.05, 0.1) is 5.69 Å². The highest BCUT2D eigenvalue weighted by molar-refractivity contribution is 5.63. The smallest absolute Gasteiger partial charge is 0.123 e. The number of benzene rings is 1. The third-order valence-corrected chi connectivity index (χ3v) is 2.15. The topological polar surface area (TPSA) is 12.9 Å². The van der Waals surface area contributed by atoms with Crippen molar-refractivity contribution in [2.45, 2.75) is 20.3 Å². The zero-order chi connectivity index (χ0) is 13.4. The lowest BCUT2D eigenvalue weighted by Crippen LogP contribution is -1.83. The summed E-state index contributed by atoms with van der Waals surface area (Å²) in [6, 6.07) is 10.2. The van der Waals surface area contributed by atoms with E-state index in [0.29, 0.717) is 0 Å². The van der Waals surface area contributed by atoms with Gasteiger partial charge in [-0.15, -0.1) is 0 Å². The van der Waals surface area contributed by atoms with Crippen molar-refractivity contribution < 1.29 is 4.39 Å². The number of pyridine rings is 1. The van der Waals surface area contributed by atoms with Crippen LogP contribution in [0.15, 0.2) is 49.2 Å². The van der Waals surface area contributed by atoms with Crippen LogP contribution in [0.3, 0.4) is 0 Å². The zero-order valence-corrected chi connectivity index (χ0v) is 10.9. The predicted molar refractivity (Wildman–Crippen MR) is 75.7 cm³/mol. The Morgan fingerprint density at radius 2 is 1.89 bits per heavy atom. The SMILES string of the molecule is C=Cc1ccc(-c2cccc(F)c2)cn1.CCC. The minimum absolute atomic E-state index is 0.236. The lowest BCUT2D eigenvalue weighted by atomic mass is 10.1. The molecule has 1 aromatic carbocycles. The molecule has 0 unspecified atom stereocenters. The highest BCUT2D eigenvalue weighted by Gasteiger charge is 1.98. The molecule has 0 radical (unpaired) electrons. The van der Waals surface area contributed by atoms with Crippen LogP contribution < -0.4 is 0 Å². The molecule has 1 aromatic heterocycles. The third-order valence-electron chi connectivity index (χ3n) is 2.15. The van der Waals surface area contributed by atoms with Gasteiger partial charge in [-0.2, -0.15) is 0 Å². The van der Waals surface area contributed by atoms with Crippen LogP contribution in [-0.4, -0.2) is 4.98 Å². The molecular formula is C16H18FN. The first-order valence-electron chi connectivity index (χ1n) is 6.05. The first-order valence-corrected chi connectivity index (χ1v) is 6.05. The number of nitrogens with zero attached hydrogens (tertiary/aromatic N) is 1. The van der Waals surface area contributed by atoms with Crippen molar-refractivity contribution in [1.82, 2.24) is 4.98 Å². The molecule has 2 aromatic rings. The van der Waals surface area contributed by atoms with E-state index in [9.17, 15) is 4.39 Å². The van der Waals surface area contributed by atoms with E-state index in [1.165, 1.54) is 18.6 Å². The summed E-state index contributed by atoms with van der Waals surface area (Å²) in [5, 5.41) is 0. The van der Waals surface area contributed by atoms with E-state index in [1.54, 1.807) is 18.3 Å². The molecule has 0 amide bonds. The number of halogens is 1. The van der Waals surface area contributed by atoms with Crippen LogP contribution in [0, 0.1) is 5.82 Å². The fraction of sp³-hybridized carbons (Fsp3) is 0.188. The average Bonchev–Trinajstić information content (AvgIpc) is 2.40. The normalized spacial score (nSPS) is 9.28. The summed E-state index contributed by atoms with van der Waals surface area (Å²) in [5.74, 6) is -0.236. The molecule has 1 heterocycles. The molecule has 1 nitrogen and oxygen atoms in total. The summed E-state index contributed by atoms with van der Waals surface area (Å²) >= 11 is 0. The molecular weight excluding hydrogens is 225 g/mol. The van der Waals surface area contributed by atoms with E-state index in [4.69, 9.17) is 0 Å². The van der Waals surface area contributed by atoms with E-state index in [-0.39, 0.29) is 5.82 Å². The van der Waals surface area contributed by atoms with Gasteiger partial charge in [-0.05, 0) is 29.8 Å². The van der Waals surface area contributed by atoms with Crippen LogP contribution in [0.25, 0.3) is 17.2 Å². The van der Waals surface area contributed by atoms with Crippen LogP contribution in [0.1, 0.15) is 26.0 Å². The molecule has 0 aliphatic rings. The third kappa shape index (κ3) is 4.13. The molecule has 0 atom stereocenters. The van der Waals surface area contributed by atoms with Crippen molar-refractivity contribution in [1.29, 1.82) is 0 Å². The number of aromatic nitrogens is 1. The van der Waals surface area contributed by atoms with E-state index in [1.807, 2.05) is 18.2 Å². The highest BCUT2D eigenvalue weighted by atomic mass is 19.1. The molecule has 18 heavy (non-hydrogen) atoms. The second-order valence-electron chi connectivity index (χ2n) is 3.89. The van der Waals surface area contributed by atoms with Gasteiger partial charge in [0.1, 0.15) is 5.82 Å². The Hall–Kier alpha value is -1.96. The van der Waals surface area contributed by atoms with Crippen LogP contribution >= 0.6 is 0 Å². The first-order chi connectivity index (χ1) is 8.71. The highest BCUT2D eigenvalue weighted by Crippen LogP contribution is 2.19. The molecule has 0 aliphatic carbocycles. The van der Waals surface area contributed by atoms with Crippen molar-refractivity contribution in [3.63, 3.8) is 0 Å². The maximum atomic E-state index is 13.0. The largest absolute Gasteiger partial charge is 0.256 e.